The Morgan fingerprint density at radius 1 is 1.21 bits per heavy atom. The van der Waals surface area contributed by atoms with Crippen LogP contribution < -0.4 is 0 Å². The van der Waals surface area contributed by atoms with Crippen molar-refractivity contribution in [1.29, 1.82) is 5.26 Å². The summed E-state index contributed by atoms with van der Waals surface area (Å²) in [7, 11) is 0. The van der Waals surface area contributed by atoms with Crippen molar-refractivity contribution in [2.45, 2.75) is 27.7 Å². The van der Waals surface area contributed by atoms with E-state index in [4.69, 9.17) is 5.26 Å². The zero-order valence-corrected chi connectivity index (χ0v) is 9.33. The van der Waals surface area contributed by atoms with Crippen molar-refractivity contribution < 1.29 is 0 Å². The average Bonchev–Trinajstić information content (AvgIpc) is 2.24. The molecule has 0 heterocycles. The third-order valence-corrected chi connectivity index (χ3v) is 1.64. The Kier molecular flexibility index (Phi) is 6.15. The molecule has 0 spiro atoms. The molecule has 1 aromatic carbocycles. The molecule has 0 radical (unpaired) electrons. The van der Waals surface area contributed by atoms with Crippen molar-refractivity contribution in [1.82, 2.24) is 0 Å². The van der Waals surface area contributed by atoms with Crippen LogP contribution >= 0.6 is 0 Å². The van der Waals surface area contributed by atoms with Gasteiger partial charge in [-0.1, -0.05) is 43.7 Å². The van der Waals surface area contributed by atoms with Gasteiger partial charge in [-0.2, -0.15) is 5.26 Å². The first kappa shape index (κ1) is 12.5. The smallest absolute Gasteiger partial charge is 0.0944 e. The molecule has 0 unspecified atom stereocenters. The number of benzene rings is 1. The third-order valence-electron chi connectivity index (χ3n) is 1.64. The van der Waals surface area contributed by atoms with E-state index in [9.17, 15) is 0 Å². The van der Waals surface area contributed by atoms with Gasteiger partial charge in [0, 0.05) is 5.57 Å². The van der Waals surface area contributed by atoms with Crippen LogP contribution in [0, 0.1) is 18.3 Å². The lowest BCUT2D eigenvalue weighted by molar-refractivity contribution is 1.44. The van der Waals surface area contributed by atoms with Crippen molar-refractivity contribution in [3.05, 3.63) is 41.0 Å². The van der Waals surface area contributed by atoms with Crippen LogP contribution in [0.1, 0.15) is 31.9 Å². The number of rotatable bonds is 1. The zero-order valence-electron chi connectivity index (χ0n) is 9.33. The van der Waals surface area contributed by atoms with Gasteiger partial charge >= 0.3 is 0 Å². The molecule has 0 aliphatic rings. The molecular formula is C13H17N. The number of aryl methyl sites for hydroxylation is 1. The van der Waals surface area contributed by atoms with Gasteiger partial charge in [-0.05, 0) is 25.5 Å². The summed E-state index contributed by atoms with van der Waals surface area (Å²) in [6.45, 7) is 7.85. The molecule has 0 atom stereocenters. The molecule has 0 aromatic heterocycles. The highest BCUT2D eigenvalue weighted by atomic mass is 14.2. The first-order valence-corrected chi connectivity index (χ1v) is 4.87. The quantitative estimate of drug-likeness (QED) is 0.611. The van der Waals surface area contributed by atoms with Gasteiger partial charge in [-0.25, -0.2) is 0 Å². The van der Waals surface area contributed by atoms with E-state index in [-0.39, 0.29) is 0 Å². The largest absolute Gasteiger partial charge is 0.193 e. The first-order chi connectivity index (χ1) is 6.72. The number of nitrogens with zero attached hydrogens (tertiary/aromatic N) is 1. The van der Waals surface area contributed by atoms with Gasteiger partial charge in [0.15, 0.2) is 0 Å². The lowest BCUT2D eigenvalue weighted by Crippen LogP contribution is -1.75. The minimum Gasteiger partial charge on any atom is -0.193 e. The third kappa shape index (κ3) is 4.47. The number of nitriles is 1. The highest BCUT2D eigenvalue weighted by Gasteiger charge is 1.88. The lowest BCUT2D eigenvalue weighted by atomic mass is 10.1. The van der Waals surface area contributed by atoms with E-state index >= 15 is 0 Å². The summed E-state index contributed by atoms with van der Waals surface area (Å²) in [5.74, 6) is 0. The van der Waals surface area contributed by atoms with Crippen LogP contribution in [-0.2, 0) is 0 Å². The van der Waals surface area contributed by atoms with Crippen LogP contribution in [-0.4, -0.2) is 0 Å². The van der Waals surface area contributed by atoms with Crippen LogP contribution in [0.5, 0.6) is 0 Å². The molecule has 0 bridgehead atoms. The SMILES string of the molecule is CC.CC(C#N)=Cc1ccc(C)cc1. The highest BCUT2D eigenvalue weighted by molar-refractivity contribution is 5.56. The summed E-state index contributed by atoms with van der Waals surface area (Å²) in [5, 5.41) is 8.53. The molecule has 0 amide bonds. The minimum absolute atomic E-state index is 0.735. The summed E-state index contributed by atoms with van der Waals surface area (Å²) in [6, 6.07) is 10.2. The summed E-state index contributed by atoms with van der Waals surface area (Å²) < 4.78 is 0. The molecule has 0 saturated carbocycles. The first-order valence-electron chi connectivity index (χ1n) is 4.87. The molecule has 1 aromatic rings. The van der Waals surface area contributed by atoms with Crippen LogP contribution in [0.25, 0.3) is 6.08 Å². The molecule has 0 aliphatic heterocycles. The molecule has 0 fully saturated rings. The standard InChI is InChI=1S/C11H11N.C2H6/c1-9-3-5-11(6-4-9)7-10(2)8-12;1-2/h3-7H,1-2H3;1-2H3. The fourth-order valence-corrected chi connectivity index (χ4v) is 0.945. The van der Waals surface area contributed by atoms with Gasteiger partial charge in [0.25, 0.3) is 0 Å². The normalized spacial score (nSPS) is 9.79. The second kappa shape index (κ2) is 6.91. The van der Waals surface area contributed by atoms with Crippen LogP contribution in [0.15, 0.2) is 29.8 Å². The number of allylic oxidation sites excluding steroid dienone is 1. The van der Waals surface area contributed by atoms with Crippen molar-refractivity contribution in [2.75, 3.05) is 0 Å². The Morgan fingerprint density at radius 2 is 1.71 bits per heavy atom. The van der Waals surface area contributed by atoms with Crippen molar-refractivity contribution in [3.63, 3.8) is 0 Å². The molecule has 1 rings (SSSR count). The van der Waals surface area contributed by atoms with E-state index < -0.39 is 0 Å². The topological polar surface area (TPSA) is 23.8 Å². The molecular weight excluding hydrogens is 170 g/mol. The van der Waals surface area contributed by atoms with E-state index in [1.807, 2.05) is 51.1 Å². The maximum absolute atomic E-state index is 8.53. The van der Waals surface area contributed by atoms with Gasteiger partial charge in [0.1, 0.15) is 0 Å². The van der Waals surface area contributed by atoms with Crippen molar-refractivity contribution in [2.24, 2.45) is 0 Å². The summed E-state index contributed by atoms with van der Waals surface area (Å²) in [5.41, 5.74) is 3.06. The summed E-state index contributed by atoms with van der Waals surface area (Å²) in [4.78, 5) is 0. The fraction of sp³-hybridized carbons (Fsp3) is 0.308. The van der Waals surface area contributed by atoms with Gasteiger partial charge < -0.3 is 0 Å². The van der Waals surface area contributed by atoms with E-state index in [1.54, 1.807) is 6.92 Å². The average molecular weight is 187 g/mol. The van der Waals surface area contributed by atoms with Crippen LogP contribution in [0.4, 0.5) is 0 Å². The summed E-state index contributed by atoms with van der Waals surface area (Å²) >= 11 is 0. The molecule has 14 heavy (non-hydrogen) atoms. The van der Waals surface area contributed by atoms with Gasteiger partial charge in [0.05, 0.1) is 6.07 Å². The predicted octanol–water partition coefficient (Wildman–Crippen LogP) is 3.95. The Bertz CT molecular complexity index is 325. The Balaban J connectivity index is 0.000000791. The highest BCUT2D eigenvalue weighted by Crippen LogP contribution is 2.07. The molecule has 1 heteroatoms. The lowest BCUT2D eigenvalue weighted by Gasteiger charge is -1.94. The van der Waals surface area contributed by atoms with E-state index in [2.05, 4.69) is 6.07 Å². The zero-order chi connectivity index (χ0) is 11.0. The predicted molar refractivity (Wildman–Crippen MR) is 61.8 cm³/mol. The molecule has 1 nitrogen and oxygen atoms in total. The number of hydrogen-bond acceptors (Lipinski definition) is 1. The van der Waals surface area contributed by atoms with Gasteiger partial charge in [0.2, 0.25) is 0 Å². The van der Waals surface area contributed by atoms with E-state index in [0.29, 0.717) is 0 Å². The summed E-state index contributed by atoms with van der Waals surface area (Å²) in [6.07, 6.45) is 1.87. The molecule has 0 aliphatic carbocycles. The Morgan fingerprint density at radius 3 is 2.14 bits per heavy atom. The second-order valence-corrected chi connectivity index (χ2v) is 2.85. The van der Waals surface area contributed by atoms with Gasteiger partial charge in [-0.15, -0.1) is 0 Å². The Labute approximate surface area is 86.7 Å². The molecule has 0 N–H and O–H groups in total. The maximum Gasteiger partial charge on any atom is 0.0944 e. The minimum atomic E-state index is 0.735. The molecule has 0 saturated heterocycles. The van der Waals surface area contributed by atoms with Crippen molar-refractivity contribution in [3.8, 4) is 6.07 Å². The Hall–Kier alpha value is -1.55. The van der Waals surface area contributed by atoms with Gasteiger partial charge in [-0.3, -0.25) is 0 Å². The van der Waals surface area contributed by atoms with E-state index in [0.717, 1.165) is 11.1 Å². The monoisotopic (exact) mass is 187 g/mol. The maximum atomic E-state index is 8.53. The van der Waals surface area contributed by atoms with E-state index in [1.165, 1.54) is 5.56 Å². The van der Waals surface area contributed by atoms with Crippen LogP contribution in [0.2, 0.25) is 0 Å². The molecule has 74 valence electrons. The van der Waals surface area contributed by atoms with Crippen LogP contribution in [0.3, 0.4) is 0 Å². The van der Waals surface area contributed by atoms with Crippen molar-refractivity contribution >= 4 is 6.08 Å². The second-order valence-electron chi connectivity index (χ2n) is 2.85. The number of hydrogen-bond donors (Lipinski definition) is 0. The fourth-order valence-electron chi connectivity index (χ4n) is 0.945.